The summed E-state index contributed by atoms with van der Waals surface area (Å²) in [5.41, 5.74) is 2.49. The molecule has 0 aliphatic carbocycles. The van der Waals surface area contributed by atoms with E-state index in [0.717, 1.165) is 20.9 Å². The van der Waals surface area contributed by atoms with Crippen molar-refractivity contribution in [2.45, 2.75) is 20.8 Å². The lowest BCUT2D eigenvalue weighted by molar-refractivity contribution is 0.102. The van der Waals surface area contributed by atoms with Crippen LogP contribution >= 0.6 is 11.3 Å². The maximum absolute atomic E-state index is 13.5. The number of benzene rings is 1. The minimum atomic E-state index is -0.209. The molecular weight excluding hydrogens is 235 g/mol. The van der Waals surface area contributed by atoms with Gasteiger partial charge in [0.25, 0.3) is 0 Å². The Balaban J connectivity index is 2.52. The molecule has 0 atom stereocenters. The van der Waals surface area contributed by atoms with E-state index >= 15 is 0 Å². The van der Waals surface area contributed by atoms with Crippen molar-refractivity contribution >= 4 is 17.1 Å². The molecule has 3 heteroatoms. The first-order valence-electron chi connectivity index (χ1n) is 5.37. The molecule has 1 aromatic carbocycles. The van der Waals surface area contributed by atoms with Gasteiger partial charge in [-0.1, -0.05) is 12.1 Å². The molecule has 0 N–H and O–H groups in total. The molecule has 0 aliphatic rings. The van der Waals surface area contributed by atoms with Crippen molar-refractivity contribution in [3.8, 4) is 10.4 Å². The SMILES string of the molecule is CC(=O)c1cc(C)c(-c2ccc(C)c(F)c2)s1. The summed E-state index contributed by atoms with van der Waals surface area (Å²) in [6.07, 6.45) is 0. The zero-order chi connectivity index (χ0) is 12.6. The fraction of sp³-hybridized carbons (Fsp3) is 0.214. The standard InChI is InChI=1S/C14H13FOS/c1-8-4-5-11(7-12(8)15)14-9(2)6-13(17-14)10(3)16/h4-7H,1-3H3. The second kappa shape index (κ2) is 4.41. The molecule has 0 saturated carbocycles. The van der Waals surface area contributed by atoms with Gasteiger partial charge in [0.05, 0.1) is 4.88 Å². The van der Waals surface area contributed by atoms with Crippen molar-refractivity contribution in [2.24, 2.45) is 0 Å². The monoisotopic (exact) mass is 248 g/mol. The number of rotatable bonds is 2. The Labute approximate surface area is 104 Å². The van der Waals surface area contributed by atoms with E-state index in [2.05, 4.69) is 0 Å². The molecule has 2 aromatic rings. The first kappa shape index (κ1) is 12.0. The molecule has 0 radical (unpaired) electrons. The summed E-state index contributed by atoms with van der Waals surface area (Å²) in [7, 11) is 0. The van der Waals surface area contributed by atoms with Crippen LogP contribution in [0.4, 0.5) is 4.39 Å². The van der Waals surface area contributed by atoms with E-state index in [-0.39, 0.29) is 11.6 Å². The van der Waals surface area contributed by atoms with Crippen LogP contribution in [0.25, 0.3) is 10.4 Å². The van der Waals surface area contributed by atoms with Gasteiger partial charge in [0.1, 0.15) is 5.82 Å². The Morgan fingerprint density at radius 2 is 1.88 bits per heavy atom. The smallest absolute Gasteiger partial charge is 0.169 e. The summed E-state index contributed by atoms with van der Waals surface area (Å²) >= 11 is 1.42. The number of carbonyl (C=O) groups excluding carboxylic acids is 1. The van der Waals surface area contributed by atoms with Gasteiger partial charge in [-0.2, -0.15) is 0 Å². The summed E-state index contributed by atoms with van der Waals surface area (Å²) in [4.78, 5) is 13.0. The average molecular weight is 248 g/mol. The van der Waals surface area contributed by atoms with Gasteiger partial charge in [-0.3, -0.25) is 4.79 Å². The number of ketones is 1. The summed E-state index contributed by atoms with van der Waals surface area (Å²) in [6.45, 7) is 5.22. The Kier molecular flexibility index (Phi) is 3.11. The van der Waals surface area contributed by atoms with Gasteiger partial charge in [0, 0.05) is 4.88 Å². The lowest BCUT2D eigenvalue weighted by Crippen LogP contribution is -1.84. The van der Waals surface area contributed by atoms with Gasteiger partial charge < -0.3 is 0 Å². The van der Waals surface area contributed by atoms with Gasteiger partial charge >= 0.3 is 0 Å². The molecule has 0 amide bonds. The molecule has 17 heavy (non-hydrogen) atoms. The minimum absolute atomic E-state index is 0.0527. The topological polar surface area (TPSA) is 17.1 Å². The molecule has 0 fully saturated rings. The van der Waals surface area contributed by atoms with E-state index in [1.54, 1.807) is 19.9 Å². The number of Topliss-reactive ketones (excluding diaryl/α,β-unsaturated/α-hetero) is 1. The van der Waals surface area contributed by atoms with E-state index in [1.165, 1.54) is 17.4 Å². The summed E-state index contributed by atoms with van der Waals surface area (Å²) < 4.78 is 13.5. The van der Waals surface area contributed by atoms with Gasteiger partial charge in [-0.15, -0.1) is 11.3 Å². The predicted octanol–water partition coefficient (Wildman–Crippen LogP) is 4.37. The highest BCUT2D eigenvalue weighted by molar-refractivity contribution is 7.17. The van der Waals surface area contributed by atoms with E-state index in [9.17, 15) is 9.18 Å². The Morgan fingerprint density at radius 3 is 2.41 bits per heavy atom. The van der Waals surface area contributed by atoms with Crippen molar-refractivity contribution in [3.05, 3.63) is 46.1 Å². The third kappa shape index (κ3) is 2.29. The third-order valence-corrected chi connectivity index (χ3v) is 4.09. The first-order chi connectivity index (χ1) is 7.99. The molecule has 1 nitrogen and oxygen atoms in total. The van der Waals surface area contributed by atoms with Crippen LogP contribution in [0.15, 0.2) is 24.3 Å². The largest absolute Gasteiger partial charge is 0.294 e. The third-order valence-electron chi connectivity index (χ3n) is 2.70. The predicted molar refractivity (Wildman–Crippen MR) is 69.2 cm³/mol. The van der Waals surface area contributed by atoms with Crippen molar-refractivity contribution in [2.75, 3.05) is 0 Å². The fourth-order valence-corrected chi connectivity index (χ4v) is 2.74. The summed E-state index contributed by atoms with van der Waals surface area (Å²) in [6, 6.07) is 7.04. The van der Waals surface area contributed by atoms with Crippen molar-refractivity contribution in [1.82, 2.24) is 0 Å². The highest BCUT2D eigenvalue weighted by Gasteiger charge is 2.11. The maximum Gasteiger partial charge on any atom is 0.169 e. The molecule has 88 valence electrons. The van der Waals surface area contributed by atoms with E-state index in [0.29, 0.717) is 5.56 Å². The van der Waals surface area contributed by atoms with Crippen molar-refractivity contribution < 1.29 is 9.18 Å². The van der Waals surface area contributed by atoms with Crippen molar-refractivity contribution in [3.63, 3.8) is 0 Å². The zero-order valence-corrected chi connectivity index (χ0v) is 10.8. The fourth-order valence-electron chi connectivity index (χ4n) is 1.68. The Hall–Kier alpha value is -1.48. The molecule has 0 aliphatic heterocycles. The number of hydrogen-bond donors (Lipinski definition) is 0. The molecule has 0 spiro atoms. The maximum atomic E-state index is 13.5. The highest BCUT2D eigenvalue weighted by Crippen LogP contribution is 2.33. The summed E-state index contributed by atoms with van der Waals surface area (Å²) in [5.74, 6) is -0.156. The zero-order valence-electron chi connectivity index (χ0n) is 10.0. The number of hydrogen-bond acceptors (Lipinski definition) is 2. The lowest BCUT2D eigenvalue weighted by Gasteiger charge is -2.02. The second-order valence-corrected chi connectivity index (χ2v) is 5.20. The molecular formula is C14H13FOS. The quantitative estimate of drug-likeness (QED) is 0.721. The van der Waals surface area contributed by atoms with E-state index in [1.807, 2.05) is 19.1 Å². The molecule has 0 unspecified atom stereocenters. The van der Waals surface area contributed by atoms with Gasteiger partial charge in [0.15, 0.2) is 5.78 Å². The van der Waals surface area contributed by atoms with Crippen LogP contribution in [0.1, 0.15) is 27.7 Å². The highest BCUT2D eigenvalue weighted by atomic mass is 32.1. The van der Waals surface area contributed by atoms with E-state index < -0.39 is 0 Å². The number of thiophene rings is 1. The lowest BCUT2D eigenvalue weighted by atomic mass is 10.1. The molecule has 2 rings (SSSR count). The average Bonchev–Trinajstić information content (AvgIpc) is 2.65. The number of aryl methyl sites for hydroxylation is 2. The van der Waals surface area contributed by atoms with Crippen molar-refractivity contribution in [1.29, 1.82) is 0 Å². The molecule has 0 saturated heterocycles. The van der Waals surface area contributed by atoms with Crippen LogP contribution in [0.5, 0.6) is 0 Å². The van der Waals surface area contributed by atoms with Crippen LogP contribution in [0.2, 0.25) is 0 Å². The van der Waals surface area contributed by atoms with Crippen LogP contribution < -0.4 is 0 Å². The normalized spacial score (nSPS) is 10.6. The van der Waals surface area contributed by atoms with Gasteiger partial charge in [-0.25, -0.2) is 4.39 Å². The summed E-state index contributed by atoms with van der Waals surface area (Å²) in [5, 5.41) is 0. The van der Waals surface area contributed by atoms with Crippen LogP contribution in [-0.2, 0) is 0 Å². The first-order valence-corrected chi connectivity index (χ1v) is 6.18. The molecule has 1 heterocycles. The van der Waals surface area contributed by atoms with Crippen LogP contribution in [0.3, 0.4) is 0 Å². The second-order valence-electron chi connectivity index (χ2n) is 4.14. The van der Waals surface area contributed by atoms with E-state index in [4.69, 9.17) is 0 Å². The number of halogens is 1. The molecule has 0 bridgehead atoms. The number of carbonyl (C=O) groups is 1. The molecule has 1 aromatic heterocycles. The van der Waals surface area contributed by atoms with Crippen LogP contribution in [-0.4, -0.2) is 5.78 Å². The van der Waals surface area contributed by atoms with Gasteiger partial charge in [0.2, 0.25) is 0 Å². The van der Waals surface area contributed by atoms with Crippen LogP contribution in [0, 0.1) is 19.7 Å². The minimum Gasteiger partial charge on any atom is -0.294 e. The Bertz CT molecular complexity index is 584. The Morgan fingerprint density at radius 1 is 1.18 bits per heavy atom. The van der Waals surface area contributed by atoms with Gasteiger partial charge in [-0.05, 0) is 49.6 Å².